The molecule has 150 valence electrons. The number of hydrogen-bond donors (Lipinski definition) is 0. The number of ether oxygens (including phenoxy) is 1. The Kier molecular flexibility index (Phi) is 6.44. The van der Waals surface area contributed by atoms with Gasteiger partial charge >= 0.3 is 5.97 Å². The van der Waals surface area contributed by atoms with Gasteiger partial charge in [0.05, 0.1) is 0 Å². The summed E-state index contributed by atoms with van der Waals surface area (Å²) in [6.07, 6.45) is 3.41. The van der Waals surface area contributed by atoms with Gasteiger partial charge in [-0.3, -0.25) is 14.4 Å². The van der Waals surface area contributed by atoms with Crippen molar-refractivity contribution >= 4 is 23.9 Å². The first-order valence-corrected chi connectivity index (χ1v) is 9.54. The summed E-state index contributed by atoms with van der Waals surface area (Å²) >= 11 is 0. The Hall–Kier alpha value is -3.41. The number of aryl methyl sites for hydroxylation is 1. The molecule has 1 aliphatic heterocycles. The average molecular weight is 392 g/mol. The van der Waals surface area contributed by atoms with Gasteiger partial charge in [-0.15, -0.1) is 0 Å². The minimum atomic E-state index is -0.430. The van der Waals surface area contributed by atoms with Crippen molar-refractivity contribution in [1.82, 2.24) is 9.80 Å². The van der Waals surface area contributed by atoms with E-state index in [0.717, 1.165) is 11.1 Å². The molecule has 0 bridgehead atoms. The highest BCUT2D eigenvalue weighted by atomic mass is 16.5. The highest BCUT2D eigenvalue weighted by Crippen LogP contribution is 2.17. The standard InChI is InChI=1S/C23H24N2O4/c1-17-6-3-4-7-19(17)10-11-22(27)24-12-14-25(15-13-24)23(28)20-8-5-9-21(16-20)29-18(2)26/h3-11,16H,12-15H2,1-2H3/b11-10+. The average Bonchev–Trinajstić information content (AvgIpc) is 2.72. The number of carbonyl (C=O) groups excluding carboxylic acids is 3. The lowest BCUT2D eigenvalue weighted by Gasteiger charge is -2.34. The molecule has 2 aromatic rings. The summed E-state index contributed by atoms with van der Waals surface area (Å²) in [5, 5.41) is 0. The lowest BCUT2D eigenvalue weighted by Crippen LogP contribution is -2.50. The number of esters is 1. The molecule has 6 nitrogen and oxygen atoms in total. The van der Waals surface area contributed by atoms with Crippen LogP contribution in [-0.4, -0.2) is 53.8 Å². The van der Waals surface area contributed by atoms with E-state index >= 15 is 0 Å². The zero-order valence-electron chi connectivity index (χ0n) is 16.6. The fraction of sp³-hybridized carbons (Fsp3) is 0.261. The van der Waals surface area contributed by atoms with Crippen LogP contribution in [0.5, 0.6) is 5.75 Å². The van der Waals surface area contributed by atoms with Crippen LogP contribution in [0.15, 0.2) is 54.6 Å². The van der Waals surface area contributed by atoms with Crippen molar-refractivity contribution in [2.24, 2.45) is 0 Å². The number of nitrogens with zero attached hydrogens (tertiary/aromatic N) is 2. The molecule has 1 fully saturated rings. The summed E-state index contributed by atoms with van der Waals surface area (Å²) in [4.78, 5) is 39.7. The van der Waals surface area contributed by atoms with Crippen molar-refractivity contribution < 1.29 is 19.1 Å². The summed E-state index contributed by atoms with van der Waals surface area (Å²) in [6.45, 7) is 5.20. The number of carbonyl (C=O) groups is 3. The van der Waals surface area contributed by atoms with Crippen LogP contribution in [0, 0.1) is 6.92 Å². The van der Waals surface area contributed by atoms with Crippen LogP contribution < -0.4 is 4.74 Å². The van der Waals surface area contributed by atoms with Crippen LogP contribution in [0.2, 0.25) is 0 Å². The number of hydrogen-bond acceptors (Lipinski definition) is 4. The SMILES string of the molecule is CC(=O)Oc1cccc(C(=O)N2CCN(C(=O)/C=C/c3ccccc3C)CC2)c1. The van der Waals surface area contributed by atoms with Gasteiger partial charge in [0.15, 0.2) is 0 Å². The predicted molar refractivity (Wildman–Crippen MR) is 110 cm³/mol. The Balaban J connectivity index is 1.57. The number of piperazine rings is 1. The summed E-state index contributed by atoms with van der Waals surface area (Å²) in [5.41, 5.74) is 2.59. The van der Waals surface area contributed by atoms with Gasteiger partial charge in [0.2, 0.25) is 5.91 Å². The third-order valence-corrected chi connectivity index (χ3v) is 4.82. The first-order chi connectivity index (χ1) is 13.9. The molecule has 1 saturated heterocycles. The lowest BCUT2D eigenvalue weighted by molar-refractivity contribution is -0.132. The molecular formula is C23H24N2O4. The maximum Gasteiger partial charge on any atom is 0.308 e. The van der Waals surface area contributed by atoms with E-state index < -0.39 is 5.97 Å². The molecule has 0 aliphatic carbocycles. The molecule has 2 aromatic carbocycles. The Labute approximate surface area is 170 Å². The van der Waals surface area contributed by atoms with Gasteiger partial charge in [0, 0.05) is 44.7 Å². The van der Waals surface area contributed by atoms with Gasteiger partial charge in [-0.2, -0.15) is 0 Å². The van der Waals surface area contributed by atoms with Crippen molar-refractivity contribution in [3.63, 3.8) is 0 Å². The largest absolute Gasteiger partial charge is 0.427 e. The van der Waals surface area contributed by atoms with Crippen LogP contribution in [0.3, 0.4) is 0 Å². The normalized spacial score (nSPS) is 14.1. The highest BCUT2D eigenvalue weighted by molar-refractivity contribution is 5.95. The molecule has 1 aliphatic rings. The van der Waals surface area contributed by atoms with E-state index in [-0.39, 0.29) is 11.8 Å². The Morgan fingerprint density at radius 1 is 0.931 bits per heavy atom. The van der Waals surface area contributed by atoms with E-state index in [4.69, 9.17) is 4.74 Å². The minimum Gasteiger partial charge on any atom is -0.427 e. The predicted octanol–water partition coefficient (Wildman–Crippen LogP) is 2.92. The summed E-state index contributed by atoms with van der Waals surface area (Å²) in [7, 11) is 0. The molecule has 2 amide bonds. The Bertz CT molecular complexity index is 943. The van der Waals surface area contributed by atoms with Gasteiger partial charge in [0.1, 0.15) is 5.75 Å². The number of rotatable bonds is 4. The molecule has 0 radical (unpaired) electrons. The monoisotopic (exact) mass is 392 g/mol. The highest BCUT2D eigenvalue weighted by Gasteiger charge is 2.24. The van der Waals surface area contributed by atoms with Crippen molar-refractivity contribution in [2.45, 2.75) is 13.8 Å². The smallest absolute Gasteiger partial charge is 0.308 e. The molecule has 1 heterocycles. The summed E-state index contributed by atoms with van der Waals surface area (Å²) in [5.74, 6) is -0.280. The van der Waals surface area contributed by atoms with Gasteiger partial charge in [-0.25, -0.2) is 0 Å². The van der Waals surface area contributed by atoms with E-state index in [9.17, 15) is 14.4 Å². The molecule has 0 spiro atoms. The quantitative estimate of drug-likeness (QED) is 0.456. The second kappa shape index (κ2) is 9.19. The third-order valence-electron chi connectivity index (χ3n) is 4.82. The summed E-state index contributed by atoms with van der Waals surface area (Å²) < 4.78 is 5.04. The van der Waals surface area contributed by atoms with E-state index in [1.54, 1.807) is 40.1 Å². The van der Waals surface area contributed by atoms with Crippen molar-refractivity contribution in [2.75, 3.05) is 26.2 Å². The fourth-order valence-electron chi connectivity index (χ4n) is 3.21. The Morgan fingerprint density at radius 3 is 2.31 bits per heavy atom. The second-order valence-electron chi connectivity index (χ2n) is 6.93. The van der Waals surface area contributed by atoms with E-state index in [0.29, 0.717) is 37.5 Å². The first kappa shape index (κ1) is 20.3. The second-order valence-corrected chi connectivity index (χ2v) is 6.93. The van der Waals surface area contributed by atoms with E-state index in [1.165, 1.54) is 6.92 Å². The van der Waals surface area contributed by atoms with E-state index in [1.807, 2.05) is 37.3 Å². The van der Waals surface area contributed by atoms with Crippen LogP contribution in [0.25, 0.3) is 6.08 Å². The van der Waals surface area contributed by atoms with Gasteiger partial charge < -0.3 is 14.5 Å². The molecule has 29 heavy (non-hydrogen) atoms. The molecule has 0 unspecified atom stereocenters. The molecule has 6 heteroatoms. The minimum absolute atomic E-state index is 0.0581. The van der Waals surface area contributed by atoms with Crippen LogP contribution in [0.4, 0.5) is 0 Å². The maximum atomic E-state index is 12.7. The summed E-state index contributed by atoms with van der Waals surface area (Å²) in [6, 6.07) is 14.5. The third kappa shape index (κ3) is 5.31. The zero-order chi connectivity index (χ0) is 20.8. The topological polar surface area (TPSA) is 66.9 Å². The van der Waals surface area contributed by atoms with Gasteiger partial charge in [-0.1, -0.05) is 30.3 Å². The van der Waals surface area contributed by atoms with Crippen molar-refractivity contribution in [1.29, 1.82) is 0 Å². The zero-order valence-corrected chi connectivity index (χ0v) is 16.6. The molecule has 0 saturated carbocycles. The Morgan fingerprint density at radius 2 is 1.62 bits per heavy atom. The fourth-order valence-corrected chi connectivity index (χ4v) is 3.21. The molecule has 0 aromatic heterocycles. The van der Waals surface area contributed by atoms with Crippen LogP contribution in [-0.2, 0) is 9.59 Å². The van der Waals surface area contributed by atoms with Crippen LogP contribution >= 0.6 is 0 Å². The van der Waals surface area contributed by atoms with Gasteiger partial charge in [0.25, 0.3) is 5.91 Å². The molecule has 3 rings (SSSR count). The maximum absolute atomic E-state index is 12.7. The van der Waals surface area contributed by atoms with Crippen molar-refractivity contribution in [3.8, 4) is 5.75 Å². The number of benzene rings is 2. The first-order valence-electron chi connectivity index (χ1n) is 9.54. The molecular weight excluding hydrogens is 368 g/mol. The number of amides is 2. The molecule has 0 atom stereocenters. The lowest BCUT2D eigenvalue weighted by atomic mass is 10.1. The van der Waals surface area contributed by atoms with Gasteiger partial charge in [-0.05, 0) is 42.3 Å². The van der Waals surface area contributed by atoms with Crippen LogP contribution in [0.1, 0.15) is 28.4 Å². The van der Waals surface area contributed by atoms with Crippen molar-refractivity contribution in [3.05, 3.63) is 71.3 Å². The molecule has 0 N–H and O–H groups in total. The van der Waals surface area contributed by atoms with E-state index in [2.05, 4.69) is 0 Å².